The molecule has 0 bridgehead atoms. The van der Waals surface area contributed by atoms with Crippen LogP contribution in [0.1, 0.15) is 79.1 Å². The lowest BCUT2D eigenvalue weighted by molar-refractivity contribution is -0.112. The van der Waals surface area contributed by atoms with E-state index in [2.05, 4.69) is 42.4 Å². The molecule has 0 radical (unpaired) electrons. The average Bonchev–Trinajstić information content (AvgIpc) is 3.49. The Labute approximate surface area is 175 Å². The van der Waals surface area contributed by atoms with Crippen molar-refractivity contribution in [2.75, 3.05) is 60.2 Å². The van der Waals surface area contributed by atoms with Crippen LogP contribution in [0.5, 0.6) is 0 Å². The fraction of sp³-hybridized carbons (Fsp3) is 1.00. The monoisotopic (exact) mass is 399 g/mol. The summed E-state index contributed by atoms with van der Waals surface area (Å²) >= 11 is 0. The predicted molar refractivity (Wildman–Crippen MR) is 120 cm³/mol. The quantitative estimate of drug-likeness (QED) is 0.632. The lowest BCUT2D eigenvalue weighted by Gasteiger charge is -2.35. The lowest BCUT2D eigenvalue weighted by atomic mass is 10.1. The maximum absolute atomic E-state index is 5.58. The summed E-state index contributed by atoms with van der Waals surface area (Å²) in [5, 5.41) is 0. The Balaban J connectivity index is 0.000000215. The van der Waals surface area contributed by atoms with Crippen molar-refractivity contribution in [1.29, 1.82) is 0 Å². The third-order valence-electron chi connectivity index (χ3n) is 6.80. The molecule has 5 heteroatoms. The van der Waals surface area contributed by atoms with Crippen molar-refractivity contribution in [3.63, 3.8) is 0 Å². The molecule has 0 spiro atoms. The topological polar surface area (TPSA) is 28.2 Å². The summed E-state index contributed by atoms with van der Waals surface area (Å²) in [6.45, 7) is 17.2. The Morgan fingerprint density at radius 3 is 2.00 bits per heavy atom. The van der Waals surface area contributed by atoms with Crippen LogP contribution in [0.4, 0.5) is 0 Å². The predicted octanol–water partition coefficient (Wildman–Crippen LogP) is 4.42. The summed E-state index contributed by atoms with van der Waals surface area (Å²) in [6, 6.07) is 0.792. The van der Waals surface area contributed by atoms with E-state index in [0.29, 0.717) is 0 Å². The largest absolute Gasteiger partial charge is 0.369 e. The van der Waals surface area contributed by atoms with Gasteiger partial charge in [-0.05, 0) is 77.5 Å². The van der Waals surface area contributed by atoms with Gasteiger partial charge in [0.1, 0.15) is 5.72 Å². The fourth-order valence-corrected chi connectivity index (χ4v) is 4.92. The molecular formula is C23H49N3O2. The van der Waals surface area contributed by atoms with E-state index in [-0.39, 0.29) is 5.72 Å². The van der Waals surface area contributed by atoms with Crippen molar-refractivity contribution in [3.05, 3.63) is 0 Å². The zero-order valence-corrected chi connectivity index (χ0v) is 19.8. The molecule has 0 aromatic heterocycles. The number of ether oxygens (including phenoxy) is 2. The molecule has 5 nitrogen and oxygen atoms in total. The molecule has 0 aromatic carbocycles. The van der Waals surface area contributed by atoms with Gasteiger partial charge >= 0.3 is 0 Å². The van der Waals surface area contributed by atoms with E-state index in [1.807, 2.05) is 7.11 Å². The van der Waals surface area contributed by atoms with Crippen molar-refractivity contribution >= 4 is 0 Å². The minimum absolute atomic E-state index is 0.0781. The molecule has 2 atom stereocenters. The molecule has 0 amide bonds. The average molecular weight is 400 g/mol. The number of hydrogen-bond donors (Lipinski definition) is 0. The summed E-state index contributed by atoms with van der Waals surface area (Å²) in [4.78, 5) is 7.34. The first kappa shape index (κ1) is 25.8. The van der Waals surface area contributed by atoms with Crippen LogP contribution in [0.2, 0.25) is 0 Å². The zero-order chi connectivity index (χ0) is 20.8. The minimum atomic E-state index is 0.0781. The van der Waals surface area contributed by atoms with Gasteiger partial charge in [0.15, 0.2) is 0 Å². The molecule has 3 heterocycles. The Morgan fingerprint density at radius 2 is 1.57 bits per heavy atom. The van der Waals surface area contributed by atoms with Gasteiger partial charge in [0.05, 0.1) is 6.73 Å². The maximum Gasteiger partial charge on any atom is 0.121 e. The van der Waals surface area contributed by atoms with E-state index >= 15 is 0 Å². The molecule has 3 saturated heterocycles. The molecule has 0 saturated carbocycles. The van der Waals surface area contributed by atoms with Crippen molar-refractivity contribution < 1.29 is 9.47 Å². The maximum atomic E-state index is 5.58. The first-order chi connectivity index (χ1) is 13.6. The highest BCUT2D eigenvalue weighted by atomic mass is 16.5. The van der Waals surface area contributed by atoms with Crippen LogP contribution in [-0.2, 0) is 9.47 Å². The molecule has 3 rings (SSSR count). The van der Waals surface area contributed by atoms with Gasteiger partial charge in [-0.25, -0.2) is 0 Å². The van der Waals surface area contributed by atoms with Crippen LogP contribution in [0.15, 0.2) is 0 Å². The van der Waals surface area contributed by atoms with Crippen LogP contribution >= 0.6 is 0 Å². The van der Waals surface area contributed by atoms with Crippen LogP contribution in [-0.4, -0.2) is 86.7 Å². The molecule has 168 valence electrons. The van der Waals surface area contributed by atoms with Gasteiger partial charge < -0.3 is 14.4 Å². The molecule has 3 aliphatic rings. The van der Waals surface area contributed by atoms with Crippen molar-refractivity contribution in [1.82, 2.24) is 14.7 Å². The molecule has 0 aliphatic carbocycles. The summed E-state index contributed by atoms with van der Waals surface area (Å²) in [5.41, 5.74) is 0.0781. The molecular weight excluding hydrogens is 350 g/mol. The molecule has 0 aromatic rings. The van der Waals surface area contributed by atoms with Gasteiger partial charge in [0, 0.05) is 33.4 Å². The van der Waals surface area contributed by atoms with Gasteiger partial charge in [-0.3, -0.25) is 9.80 Å². The number of hydrogen-bond acceptors (Lipinski definition) is 5. The minimum Gasteiger partial charge on any atom is -0.369 e. The van der Waals surface area contributed by atoms with Crippen LogP contribution in [0, 0.1) is 0 Å². The summed E-state index contributed by atoms with van der Waals surface area (Å²) in [6.07, 6.45) is 10.4. The van der Waals surface area contributed by atoms with Crippen LogP contribution in [0.3, 0.4) is 0 Å². The molecule has 2 unspecified atom stereocenters. The Morgan fingerprint density at radius 1 is 0.857 bits per heavy atom. The lowest BCUT2D eigenvalue weighted by Crippen LogP contribution is -2.44. The van der Waals surface area contributed by atoms with E-state index in [4.69, 9.17) is 9.47 Å². The van der Waals surface area contributed by atoms with Crippen molar-refractivity contribution in [2.45, 2.75) is 90.8 Å². The van der Waals surface area contributed by atoms with Gasteiger partial charge in [0.2, 0.25) is 0 Å². The highest BCUT2D eigenvalue weighted by Crippen LogP contribution is 2.32. The van der Waals surface area contributed by atoms with Crippen LogP contribution in [0.25, 0.3) is 0 Å². The molecule has 3 fully saturated rings. The smallest absolute Gasteiger partial charge is 0.121 e. The number of methoxy groups -OCH3 is 2. The second-order valence-corrected chi connectivity index (χ2v) is 8.26. The molecule has 3 aliphatic heterocycles. The normalized spacial score (nSPS) is 28.7. The van der Waals surface area contributed by atoms with E-state index in [0.717, 1.165) is 25.7 Å². The first-order valence-corrected chi connectivity index (χ1v) is 11.9. The summed E-state index contributed by atoms with van der Waals surface area (Å²) in [7, 11) is 3.60. The van der Waals surface area contributed by atoms with Gasteiger partial charge in [-0.2, -0.15) is 0 Å². The van der Waals surface area contributed by atoms with Gasteiger partial charge in [0.25, 0.3) is 0 Å². The van der Waals surface area contributed by atoms with E-state index < -0.39 is 0 Å². The first-order valence-electron chi connectivity index (χ1n) is 11.9. The second-order valence-electron chi connectivity index (χ2n) is 8.26. The van der Waals surface area contributed by atoms with Crippen molar-refractivity contribution in [3.8, 4) is 0 Å². The fourth-order valence-electron chi connectivity index (χ4n) is 4.92. The highest BCUT2D eigenvalue weighted by Gasteiger charge is 2.38. The van der Waals surface area contributed by atoms with Crippen molar-refractivity contribution in [2.24, 2.45) is 0 Å². The Kier molecular flexibility index (Phi) is 13.6. The standard InChI is InChI=1S/C9H19NO.C8H17NO.C6H13N/c1-4-9(11-3)7-6-8-10(9)5-2;1-3-8-5-4-6-9(8)7-10-2;1-2-7-5-3-4-6-7/h4-8H2,1-3H3;8H,3-7H2,1-2H3;2-6H2,1H3. The summed E-state index contributed by atoms with van der Waals surface area (Å²) in [5.74, 6) is 0. The van der Waals surface area contributed by atoms with Crippen LogP contribution < -0.4 is 0 Å². The van der Waals surface area contributed by atoms with E-state index in [1.54, 1.807) is 7.11 Å². The van der Waals surface area contributed by atoms with E-state index in [1.165, 1.54) is 77.7 Å². The highest BCUT2D eigenvalue weighted by molar-refractivity contribution is 4.85. The Bertz CT molecular complexity index is 371. The number of likely N-dealkylation sites (tertiary alicyclic amines) is 3. The zero-order valence-electron chi connectivity index (χ0n) is 19.8. The molecule has 0 N–H and O–H groups in total. The number of rotatable bonds is 7. The molecule has 28 heavy (non-hydrogen) atoms. The third kappa shape index (κ3) is 7.91. The van der Waals surface area contributed by atoms with Gasteiger partial charge in [-0.15, -0.1) is 0 Å². The SMILES string of the molecule is CCC1CCCN1COC.CCN1CCCC1.CCN1CCCC1(CC)OC. The third-order valence-corrected chi connectivity index (χ3v) is 6.80. The van der Waals surface area contributed by atoms with E-state index in [9.17, 15) is 0 Å². The second kappa shape index (κ2) is 14.7. The van der Waals surface area contributed by atoms with Gasteiger partial charge in [-0.1, -0.05) is 27.7 Å². The summed E-state index contributed by atoms with van der Waals surface area (Å²) < 4.78 is 10.7. The Hall–Kier alpha value is -0.200. The number of nitrogens with zero attached hydrogens (tertiary/aromatic N) is 3.